The van der Waals surface area contributed by atoms with Crippen LogP contribution in [-0.2, 0) is 43.3 Å². The average Bonchev–Trinajstić information content (AvgIpc) is 3.81. The number of unbranched alkanes of at least 4 members (excludes halogenated alkanes) is 2. The van der Waals surface area contributed by atoms with Gasteiger partial charge in [0.05, 0.1) is 0 Å². The van der Waals surface area contributed by atoms with Gasteiger partial charge < -0.3 is 10.5 Å². The number of hydrogen-bond donors (Lipinski definition) is 2. The normalized spacial score (nSPS) is 10.1. The molecule has 0 aliphatic rings. The molecule has 0 fully saturated rings. The molecule has 54 heavy (non-hydrogen) atoms. The van der Waals surface area contributed by atoms with Gasteiger partial charge in [0.1, 0.15) is 0 Å². The Morgan fingerprint density at radius 3 is 1.31 bits per heavy atom. The molecule has 2 N–H and O–H groups in total. The van der Waals surface area contributed by atoms with Crippen molar-refractivity contribution < 1.29 is 30.4 Å². The first-order valence-corrected chi connectivity index (χ1v) is 25.4. The summed E-state index contributed by atoms with van der Waals surface area (Å²) >= 11 is -0.826. The van der Waals surface area contributed by atoms with Crippen molar-refractivity contribution in [3.8, 4) is 22.3 Å². The maximum absolute atomic E-state index is 10.6. The molecular formula is C46H54BCl2N2O2Zr. The zero-order valence-corrected chi connectivity index (χ0v) is 36.7. The van der Waals surface area contributed by atoms with Crippen molar-refractivity contribution in [2.24, 2.45) is 0 Å². The van der Waals surface area contributed by atoms with Crippen molar-refractivity contribution >= 4 is 57.9 Å². The summed E-state index contributed by atoms with van der Waals surface area (Å²) in [5.74, 6) is -0.220. The van der Waals surface area contributed by atoms with Crippen molar-refractivity contribution in [2.45, 2.75) is 92.9 Å². The van der Waals surface area contributed by atoms with Crippen molar-refractivity contribution in [2.75, 3.05) is 0 Å². The summed E-state index contributed by atoms with van der Waals surface area (Å²) in [4.78, 5) is 21.2. The van der Waals surface area contributed by atoms with Gasteiger partial charge in [-0.05, 0) is 48.9 Å². The number of carbonyl (C=O) groups excluding carboxylic acids is 2. The second-order valence-electron chi connectivity index (χ2n) is 13.2. The Morgan fingerprint density at radius 2 is 0.963 bits per heavy atom. The monoisotopic (exact) mass is 837 g/mol. The molecule has 0 atom stereocenters. The van der Waals surface area contributed by atoms with Crippen LogP contribution in [0.1, 0.15) is 88.5 Å². The molecule has 6 aromatic rings. The van der Waals surface area contributed by atoms with E-state index >= 15 is 0 Å². The Morgan fingerprint density at radius 1 is 0.593 bits per heavy atom. The van der Waals surface area contributed by atoms with Gasteiger partial charge in [0.15, 0.2) is 0 Å². The molecule has 0 aliphatic heterocycles. The van der Waals surface area contributed by atoms with Crippen molar-refractivity contribution in [1.29, 1.82) is 0 Å². The van der Waals surface area contributed by atoms with E-state index in [1.165, 1.54) is 112 Å². The van der Waals surface area contributed by atoms with Crippen LogP contribution in [0.4, 0.5) is 0 Å². The SMILES string of the molecule is CCC(=O)N[B]NC(=O)CC.CCCCc1cc2c(-c3ccccc3C)cccc2[cH-]1.CCCCc1cc2c(-c3ccccc3C)cccc2[cH-]1.[Cl][Zr+2][Cl]. The van der Waals surface area contributed by atoms with E-state index in [9.17, 15) is 9.59 Å². The first-order chi connectivity index (χ1) is 26.2. The molecule has 0 unspecified atom stereocenters. The van der Waals surface area contributed by atoms with Gasteiger partial charge in [-0.3, -0.25) is 9.59 Å². The molecule has 0 saturated heterocycles. The Labute approximate surface area is 343 Å². The van der Waals surface area contributed by atoms with Crippen LogP contribution >= 0.6 is 17.0 Å². The van der Waals surface area contributed by atoms with E-state index in [2.05, 4.69) is 147 Å². The summed E-state index contributed by atoms with van der Waals surface area (Å²) in [6.07, 6.45) is 8.28. The Hall–Kier alpha value is -3.43. The Kier molecular flexibility index (Phi) is 20.7. The van der Waals surface area contributed by atoms with Crippen LogP contribution in [0.5, 0.6) is 0 Å². The number of benzene rings is 4. The number of rotatable bonds is 12. The molecule has 2 amide bonds. The van der Waals surface area contributed by atoms with Gasteiger partial charge in [-0.2, -0.15) is 12.1 Å². The third-order valence-electron chi connectivity index (χ3n) is 9.24. The summed E-state index contributed by atoms with van der Waals surface area (Å²) in [5.41, 5.74) is 11.1. The van der Waals surface area contributed by atoms with Gasteiger partial charge in [0.2, 0.25) is 11.8 Å². The predicted molar refractivity (Wildman–Crippen MR) is 231 cm³/mol. The van der Waals surface area contributed by atoms with Crippen LogP contribution in [0.3, 0.4) is 0 Å². The maximum atomic E-state index is 10.6. The molecule has 0 heterocycles. The van der Waals surface area contributed by atoms with E-state index in [0.717, 1.165) is 0 Å². The first-order valence-electron chi connectivity index (χ1n) is 19.1. The fourth-order valence-electron chi connectivity index (χ4n) is 6.27. The molecule has 0 saturated carbocycles. The number of hydrogen-bond acceptors (Lipinski definition) is 2. The molecule has 0 bridgehead atoms. The summed E-state index contributed by atoms with van der Waals surface area (Å²) < 4.78 is 0. The van der Waals surface area contributed by atoms with Crippen molar-refractivity contribution in [1.82, 2.24) is 10.5 Å². The number of nitrogens with one attached hydrogen (secondary N) is 2. The second kappa shape index (κ2) is 24.9. The molecule has 281 valence electrons. The molecule has 0 aromatic heterocycles. The minimum atomic E-state index is -0.826. The van der Waals surface area contributed by atoms with E-state index in [4.69, 9.17) is 17.0 Å². The van der Waals surface area contributed by atoms with Crippen LogP contribution < -0.4 is 10.5 Å². The van der Waals surface area contributed by atoms with Crippen LogP contribution in [0, 0.1) is 13.8 Å². The number of fused-ring (bicyclic) bond motifs is 2. The number of aryl methyl sites for hydroxylation is 4. The van der Waals surface area contributed by atoms with E-state index < -0.39 is 20.8 Å². The molecule has 8 heteroatoms. The van der Waals surface area contributed by atoms with Crippen molar-refractivity contribution in [3.63, 3.8) is 0 Å². The van der Waals surface area contributed by atoms with E-state index in [0.29, 0.717) is 12.8 Å². The Balaban J connectivity index is 0.000000219. The van der Waals surface area contributed by atoms with Crippen molar-refractivity contribution in [3.05, 3.63) is 131 Å². The van der Waals surface area contributed by atoms with Crippen LogP contribution in [0.15, 0.2) is 109 Å². The molecule has 0 spiro atoms. The van der Waals surface area contributed by atoms with Gasteiger partial charge in [0, 0.05) is 12.8 Å². The third-order valence-corrected chi connectivity index (χ3v) is 9.24. The average molecular weight is 840 g/mol. The summed E-state index contributed by atoms with van der Waals surface area (Å²) in [7, 11) is 11.1. The molecule has 4 nitrogen and oxygen atoms in total. The predicted octanol–water partition coefficient (Wildman–Crippen LogP) is 12.7. The van der Waals surface area contributed by atoms with Crippen LogP contribution in [-0.4, -0.2) is 19.4 Å². The minimum absolute atomic E-state index is 0.110. The number of amides is 2. The summed E-state index contributed by atoms with van der Waals surface area (Å²) in [6.45, 7) is 12.4. The molecule has 6 aromatic carbocycles. The first kappa shape index (κ1) is 45.0. The van der Waals surface area contributed by atoms with Gasteiger partial charge in [0.25, 0.3) is 0 Å². The number of carbonyl (C=O) groups is 2. The zero-order valence-electron chi connectivity index (χ0n) is 32.7. The van der Waals surface area contributed by atoms with Gasteiger partial charge in [-0.15, -0.1) is 69.1 Å². The molecular weight excluding hydrogens is 785 g/mol. The Bertz CT molecular complexity index is 1890. The third kappa shape index (κ3) is 14.0. The second-order valence-corrected chi connectivity index (χ2v) is 17.0. The molecule has 6 rings (SSSR count). The summed E-state index contributed by atoms with van der Waals surface area (Å²) in [5, 5.41) is 10.3. The topological polar surface area (TPSA) is 58.2 Å². The van der Waals surface area contributed by atoms with Crippen LogP contribution in [0.25, 0.3) is 43.8 Å². The summed E-state index contributed by atoms with van der Waals surface area (Å²) in [6, 6.07) is 40.1. The quantitative estimate of drug-likeness (QED) is 0.0953. The fraction of sp³-hybridized carbons (Fsp3) is 0.304. The zero-order chi connectivity index (χ0) is 39.3. The van der Waals surface area contributed by atoms with E-state index in [1.807, 2.05) is 0 Å². The van der Waals surface area contributed by atoms with Gasteiger partial charge in [-0.25, -0.2) is 0 Å². The van der Waals surface area contributed by atoms with Crippen LogP contribution in [0.2, 0.25) is 0 Å². The standard InChI is InChI=1S/2C20H21.C6H12BN2O2.2ClH.Zr/c2*1-3-4-9-16-13-17-10-7-12-19(20(17)14-16)18-11-6-5-8-15(18)2;1-3-5(10)8-7-9-6(11)4-2;;;/h2*5-8,10-14H,3-4,9H2,1-2H3;3-4H2,1-2H3,(H,8,10)(H,9,11);2*1H;/q2*-1;;;;+4/p-2. The van der Waals surface area contributed by atoms with Gasteiger partial charge >= 0.3 is 45.4 Å². The van der Waals surface area contributed by atoms with E-state index in [1.54, 1.807) is 13.8 Å². The molecule has 0 aliphatic carbocycles. The molecule has 1 radical (unpaired) electrons. The number of halogens is 2. The fourth-order valence-corrected chi connectivity index (χ4v) is 6.27. The van der Waals surface area contributed by atoms with Gasteiger partial charge in [-0.1, -0.05) is 125 Å². The van der Waals surface area contributed by atoms with E-state index in [-0.39, 0.29) is 11.8 Å².